The summed E-state index contributed by atoms with van der Waals surface area (Å²) in [4.78, 5) is 0. The lowest BCUT2D eigenvalue weighted by atomic mass is 10.2. The van der Waals surface area contributed by atoms with Crippen molar-refractivity contribution < 1.29 is 9.13 Å². The van der Waals surface area contributed by atoms with Gasteiger partial charge in [0.05, 0.1) is 5.02 Å². The molecule has 2 aromatic carbocycles. The van der Waals surface area contributed by atoms with Crippen molar-refractivity contribution in [2.24, 2.45) is 0 Å². The number of benzene rings is 2. The Hall–Kier alpha value is -1.58. The molecule has 94 valence electrons. The van der Waals surface area contributed by atoms with Crippen LogP contribution in [-0.2, 0) is 6.54 Å². The van der Waals surface area contributed by atoms with Gasteiger partial charge in [-0.2, -0.15) is 0 Å². The van der Waals surface area contributed by atoms with Gasteiger partial charge in [-0.15, -0.1) is 0 Å². The first-order valence-electron chi connectivity index (χ1n) is 5.55. The lowest BCUT2D eigenvalue weighted by molar-refractivity contribution is 0.476. The molecule has 0 saturated heterocycles. The average molecular weight is 266 g/mol. The van der Waals surface area contributed by atoms with Crippen LogP contribution in [0.3, 0.4) is 0 Å². The largest absolute Gasteiger partial charge is 0.457 e. The van der Waals surface area contributed by atoms with Crippen LogP contribution >= 0.6 is 11.6 Å². The molecular formula is C14H13ClFNO. The first-order valence-corrected chi connectivity index (χ1v) is 5.93. The van der Waals surface area contributed by atoms with E-state index in [1.165, 1.54) is 12.1 Å². The summed E-state index contributed by atoms with van der Waals surface area (Å²) in [6.07, 6.45) is 0. The molecule has 0 aliphatic rings. The molecule has 1 N–H and O–H groups in total. The highest BCUT2D eigenvalue weighted by atomic mass is 35.5. The first kappa shape index (κ1) is 12.9. The Morgan fingerprint density at radius 2 is 1.94 bits per heavy atom. The van der Waals surface area contributed by atoms with Gasteiger partial charge < -0.3 is 10.1 Å². The number of nitrogens with one attached hydrogen (secondary N) is 1. The van der Waals surface area contributed by atoms with Gasteiger partial charge in [0.25, 0.3) is 0 Å². The van der Waals surface area contributed by atoms with Gasteiger partial charge in [0, 0.05) is 12.6 Å². The molecule has 0 saturated carbocycles. The third-order valence-corrected chi connectivity index (χ3v) is 2.71. The maximum absolute atomic E-state index is 13.3. The van der Waals surface area contributed by atoms with Crippen LogP contribution in [0.4, 0.5) is 4.39 Å². The van der Waals surface area contributed by atoms with E-state index in [0.717, 1.165) is 12.1 Å². The summed E-state index contributed by atoms with van der Waals surface area (Å²) in [6.45, 7) is 0.756. The van der Waals surface area contributed by atoms with Gasteiger partial charge >= 0.3 is 0 Å². The summed E-state index contributed by atoms with van der Waals surface area (Å²) in [5.41, 5.74) is 1.10. The van der Waals surface area contributed by atoms with Gasteiger partial charge in [-0.05, 0) is 36.9 Å². The molecule has 2 aromatic rings. The first-order chi connectivity index (χ1) is 8.69. The molecule has 2 nitrogen and oxygen atoms in total. The van der Waals surface area contributed by atoms with E-state index in [-0.39, 0.29) is 5.02 Å². The minimum atomic E-state index is -0.486. The topological polar surface area (TPSA) is 21.3 Å². The maximum atomic E-state index is 13.3. The van der Waals surface area contributed by atoms with Crippen molar-refractivity contribution in [3.8, 4) is 11.5 Å². The molecule has 0 aliphatic carbocycles. The minimum Gasteiger partial charge on any atom is -0.457 e. The number of halogens is 2. The lowest BCUT2D eigenvalue weighted by Gasteiger charge is -2.08. The molecule has 0 spiro atoms. The molecule has 0 bridgehead atoms. The van der Waals surface area contributed by atoms with Crippen LogP contribution in [0.15, 0.2) is 42.5 Å². The second-order valence-electron chi connectivity index (χ2n) is 3.86. The standard InChI is InChI=1S/C14H13ClFNO/c1-17-9-10-3-2-4-11(7-10)18-12-5-6-13(15)14(16)8-12/h2-8,17H,9H2,1H3. The van der Waals surface area contributed by atoms with Crippen molar-refractivity contribution >= 4 is 11.6 Å². The maximum Gasteiger partial charge on any atom is 0.145 e. The van der Waals surface area contributed by atoms with Crippen molar-refractivity contribution in [2.45, 2.75) is 6.54 Å². The summed E-state index contributed by atoms with van der Waals surface area (Å²) >= 11 is 5.61. The van der Waals surface area contributed by atoms with Crippen LogP contribution in [0.2, 0.25) is 5.02 Å². The van der Waals surface area contributed by atoms with Crippen molar-refractivity contribution in [2.75, 3.05) is 7.05 Å². The number of ether oxygens (including phenoxy) is 1. The second-order valence-corrected chi connectivity index (χ2v) is 4.26. The van der Waals surface area contributed by atoms with Crippen LogP contribution < -0.4 is 10.1 Å². The van der Waals surface area contributed by atoms with Crippen LogP contribution in [0.25, 0.3) is 0 Å². The van der Waals surface area contributed by atoms with Crippen LogP contribution in [0.5, 0.6) is 11.5 Å². The molecule has 0 radical (unpaired) electrons. The Bertz CT molecular complexity index is 545. The van der Waals surface area contributed by atoms with Crippen molar-refractivity contribution in [1.82, 2.24) is 5.32 Å². The highest BCUT2D eigenvalue weighted by Crippen LogP contribution is 2.25. The minimum absolute atomic E-state index is 0.0892. The van der Waals surface area contributed by atoms with E-state index in [1.807, 2.05) is 31.3 Å². The predicted octanol–water partition coefficient (Wildman–Crippen LogP) is 3.99. The third kappa shape index (κ3) is 3.22. The molecule has 0 atom stereocenters. The molecule has 0 aromatic heterocycles. The van der Waals surface area contributed by atoms with E-state index in [2.05, 4.69) is 5.32 Å². The molecule has 2 rings (SSSR count). The number of rotatable bonds is 4. The summed E-state index contributed by atoms with van der Waals surface area (Å²) < 4.78 is 18.8. The van der Waals surface area contributed by atoms with Crippen molar-refractivity contribution in [1.29, 1.82) is 0 Å². The fraction of sp³-hybridized carbons (Fsp3) is 0.143. The molecule has 0 fully saturated rings. The van der Waals surface area contributed by atoms with E-state index in [0.29, 0.717) is 11.5 Å². The summed E-state index contributed by atoms with van der Waals surface area (Å²) in [5.74, 6) is 0.614. The zero-order chi connectivity index (χ0) is 13.0. The van der Waals surface area contributed by atoms with Crippen molar-refractivity contribution in [3.05, 3.63) is 58.9 Å². The SMILES string of the molecule is CNCc1cccc(Oc2ccc(Cl)c(F)c2)c1. The summed E-state index contributed by atoms with van der Waals surface area (Å²) in [7, 11) is 1.88. The third-order valence-electron chi connectivity index (χ3n) is 2.41. The smallest absolute Gasteiger partial charge is 0.145 e. The highest BCUT2D eigenvalue weighted by molar-refractivity contribution is 6.30. The zero-order valence-electron chi connectivity index (χ0n) is 9.91. The Morgan fingerprint density at radius 1 is 1.17 bits per heavy atom. The normalized spacial score (nSPS) is 10.4. The summed E-state index contributed by atoms with van der Waals surface area (Å²) in [5, 5.41) is 3.15. The fourth-order valence-corrected chi connectivity index (χ4v) is 1.72. The Balaban J connectivity index is 2.17. The van der Waals surface area contributed by atoms with Gasteiger partial charge in [0.15, 0.2) is 0 Å². The average Bonchev–Trinajstić information content (AvgIpc) is 2.35. The van der Waals surface area contributed by atoms with Crippen LogP contribution in [0, 0.1) is 5.82 Å². The van der Waals surface area contributed by atoms with Crippen molar-refractivity contribution in [3.63, 3.8) is 0 Å². The monoisotopic (exact) mass is 265 g/mol. The van der Waals surface area contributed by atoms with Gasteiger partial charge in [-0.1, -0.05) is 23.7 Å². The fourth-order valence-electron chi connectivity index (χ4n) is 1.60. The molecule has 0 amide bonds. The van der Waals surface area contributed by atoms with Gasteiger partial charge in [0.2, 0.25) is 0 Å². The molecule has 0 heterocycles. The quantitative estimate of drug-likeness (QED) is 0.902. The van der Waals surface area contributed by atoms with E-state index < -0.39 is 5.82 Å². The van der Waals surface area contributed by atoms with E-state index in [4.69, 9.17) is 16.3 Å². The van der Waals surface area contributed by atoms with Crippen LogP contribution in [0.1, 0.15) is 5.56 Å². The number of hydrogen-bond acceptors (Lipinski definition) is 2. The lowest BCUT2D eigenvalue weighted by Crippen LogP contribution is -2.04. The second kappa shape index (κ2) is 5.85. The molecule has 18 heavy (non-hydrogen) atoms. The van der Waals surface area contributed by atoms with Crippen LogP contribution in [-0.4, -0.2) is 7.05 Å². The molecular weight excluding hydrogens is 253 g/mol. The Kier molecular flexibility index (Phi) is 4.18. The molecule has 4 heteroatoms. The molecule has 0 aliphatic heterocycles. The Labute approximate surface area is 110 Å². The van der Waals surface area contributed by atoms with Gasteiger partial charge in [-0.3, -0.25) is 0 Å². The summed E-state index contributed by atoms with van der Waals surface area (Å²) in [6, 6.07) is 12.0. The van der Waals surface area contributed by atoms with E-state index >= 15 is 0 Å². The highest BCUT2D eigenvalue weighted by Gasteiger charge is 2.03. The number of hydrogen-bond donors (Lipinski definition) is 1. The Morgan fingerprint density at radius 3 is 2.67 bits per heavy atom. The van der Waals surface area contributed by atoms with Gasteiger partial charge in [-0.25, -0.2) is 4.39 Å². The zero-order valence-corrected chi connectivity index (χ0v) is 10.7. The predicted molar refractivity (Wildman–Crippen MR) is 70.7 cm³/mol. The molecule has 0 unspecified atom stereocenters. The van der Waals surface area contributed by atoms with Gasteiger partial charge in [0.1, 0.15) is 17.3 Å². The van der Waals surface area contributed by atoms with E-state index in [9.17, 15) is 4.39 Å². The van der Waals surface area contributed by atoms with E-state index in [1.54, 1.807) is 6.07 Å².